The Morgan fingerprint density at radius 3 is 2.05 bits per heavy atom. The minimum absolute atomic E-state index is 0.592. The molecule has 1 nitrogen and oxygen atoms in total. The van der Waals surface area contributed by atoms with Gasteiger partial charge in [-0.2, -0.15) is 0 Å². The van der Waals surface area contributed by atoms with E-state index in [0.717, 1.165) is 0 Å². The summed E-state index contributed by atoms with van der Waals surface area (Å²) in [5.41, 5.74) is 3.00. The SMILES string of the molecule is CCC[CH2][Al]([CH2]CCC)[CH2]c1ccccc1N(C)C. The lowest BCUT2D eigenvalue weighted by Gasteiger charge is -2.19. The van der Waals surface area contributed by atoms with Crippen LogP contribution in [0, 0.1) is 0 Å². The van der Waals surface area contributed by atoms with Crippen molar-refractivity contribution in [3.05, 3.63) is 29.8 Å². The van der Waals surface area contributed by atoms with Crippen LogP contribution in [0.25, 0.3) is 0 Å². The van der Waals surface area contributed by atoms with E-state index in [2.05, 4.69) is 57.1 Å². The van der Waals surface area contributed by atoms with E-state index in [1.165, 1.54) is 47.2 Å². The second kappa shape index (κ2) is 9.46. The van der Waals surface area contributed by atoms with Gasteiger partial charge in [-0.1, -0.05) is 73.6 Å². The zero-order valence-electron chi connectivity index (χ0n) is 13.3. The first kappa shape index (κ1) is 16.6. The molecule has 106 valence electrons. The Morgan fingerprint density at radius 2 is 1.53 bits per heavy atom. The quantitative estimate of drug-likeness (QED) is 0.578. The molecule has 1 rings (SSSR count). The van der Waals surface area contributed by atoms with Crippen molar-refractivity contribution in [1.82, 2.24) is 0 Å². The highest BCUT2D eigenvalue weighted by Crippen LogP contribution is 2.22. The van der Waals surface area contributed by atoms with Gasteiger partial charge in [-0.15, -0.1) is 0 Å². The van der Waals surface area contributed by atoms with Gasteiger partial charge in [0, 0.05) is 19.8 Å². The van der Waals surface area contributed by atoms with Crippen molar-refractivity contribution in [3.8, 4) is 0 Å². The fourth-order valence-electron chi connectivity index (χ4n) is 2.76. The average Bonchev–Trinajstić information content (AvgIpc) is 2.42. The van der Waals surface area contributed by atoms with E-state index in [4.69, 9.17) is 0 Å². The van der Waals surface area contributed by atoms with Gasteiger partial charge in [0.2, 0.25) is 0 Å². The van der Waals surface area contributed by atoms with Crippen LogP contribution in [0.2, 0.25) is 10.6 Å². The molecule has 1 aromatic carbocycles. The smallest absolute Gasteiger partial charge is 0.267 e. The molecule has 0 saturated heterocycles. The average molecular weight is 275 g/mol. The van der Waals surface area contributed by atoms with Gasteiger partial charge >= 0.3 is 0 Å². The van der Waals surface area contributed by atoms with E-state index in [9.17, 15) is 0 Å². The molecule has 0 aliphatic rings. The van der Waals surface area contributed by atoms with Crippen molar-refractivity contribution >= 4 is 19.8 Å². The summed E-state index contributed by atoms with van der Waals surface area (Å²) in [5, 5.41) is 4.44. The van der Waals surface area contributed by atoms with Crippen molar-refractivity contribution in [2.45, 2.75) is 55.4 Å². The normalized spacial score (nSPS) is 10.5. The molecule has 0 saturated carbocycles. The highest BCUT2D eigenvalue weighted by molar-refractivity contribution is 6.58. The van der Waals surface area contributed by atoms with Gasteiger partial charge in [0.05, 0.1) is 0 Å². The number of benzene rings is 1. The third-order valence-electron chi connectivity index (χ3n) is 3.91. The summed E-state index contributed by atoms with van der Waals surface area (Å²) in [4.78, 5) is 2.26. The molecule has 0 fully saturated rings. The van der Waals surface area contributed by atoms with Crippen molar-refractivity contribution in [3.63, 3.8) is 0 Å². The molecule has 0 N–H and O–H groups in total. The topological polar surface area (TPSA) is 3.24 Å². The summed E-state index contributed by atoms with van der Waals surface area (Å²) in [6.07, 6.45) is 5.57. The fourth-order valence-corrected chi connectivity index (χ4v) is 6.40. The molecular formula is C17H30AlN. The van der Waals surface area contributed by atoms with Crippen molar-refractivity contribution in [2.24, 2.45) is 0 Å². The molecule has 0 amide bonds. The number of hydrogen-bond donors (Lipinski definition) is 0. The number of nitrogens with zero attached hydrogens (tertiary/aromatic N) is 1. The monoisotopic (exact) mass is 275 g/mol. The lowest BCUT2D eigenvalue weighted by atomic mass is 10.2. The van der Waals surface area contributed by atoms with Crippen molar-refractivity contribution < 1.29 is 0 Å². The number of anilines is 1. The van der Waals surface area contributed by atoms with Crippen LogP contribution in [0.3, 0.4) is 0 Å². The second-order valence-corrected chi connectivity index (χ2v) is 9.17. The van der Waals surface area contributed by atoms with Gasteiger partial charge in [-0.3, -0.25) is 0 Å². The van der Waals surface area contributed by atoms with E-state index in [0.29, 0.717) is 0 Å². The molecule has 2 heteroatoms. The van der Waals surface area contributed by atoms with Crippen LogP contribution in [0.15, 0.2) is 24.3 Å². The summed E-state index contributed by atoms with van der Waals surface area (Å²) >= 11 is -0.592. The van der Waals surface area contributed by atoms with Crippen LogP contribution >= 0.6 is 0 Å². The molecule has 0 aromatic heterocycles. The molecule has 19 heavy (non-hydrogen) atoms. The maximum Gasteiger partial charge on any atom is 0.267 e. The van der Waals surface area contributed by atoms with E-state index in [1.54, 1.807) is 5.56 Å². The fraction of sp³-hybridized carbons (Fsp3) is 0.647. The summed E-state index contributed by atoms with van der Waals surface area (Å²) in [7, 11) is 4.32. The predicted octanol–water partition coefficient (Wildman–Crippen LogP) is 4.93. The molecule has 0 bridgehead atoms. The first-order valence-electron chi connectivity index (χ1n) is 7.94. The minimum Gasteiger partial charge on any atom is -0.377 e. The summed E-state index contributed by atoms with van der Waals surface area (Å²) in [5.74, 6) is 0. The van der Waals surface area contributed by atoms with Gasteiger partial charge in [0.15, 0.2) is 0 Å². The molecule has 0 aliphatic heterocycles. The van der Waals surface area contributed by atoms with Gasteiger partial charge in [0.1, 0.15) is 0 Å². The number of unbranched alkanes of at least 4 members (excludes halogenated alkanes) is 2. The highest BCUT2D eigenvalue weighted by Gasteiger charge is 2.18. The maximum atomic E-state index is 2.34. The molecule has 0 aliphatic carbocycles. The molecule has 0 spiro atoms. The Labute approximate surface area is 124 Å². The van der Waals surface area contributed by atoms with Crippen molar-refractivity contribution in [2.75, 3.05) is 19.0 Å². The Kier molecular flexibility index (Phi) is 8.26. The number of rotatable bonds is 9. The first-order chi connectivity index (χ1) is 9.19. The first-order valence-corrected chi connectivity index (χ1v) is 10.4. The van der Waals surface area contributed by atoms with Crippen LogP contribution in [0.4, 0.5) is 5.69 Å². The summed E-state index contributed by atoms with van der Waals surface area (Å²) < 4.78 is 0. The van der Waals surface area contributed by atoms with Crippen molar-refractivity contribution in [1.29, 1.82) is 0 Å². The van der Waals surface area contributed by atoms with Crippen LogP contribution in [-0.2, 0) is 5.28 Å². The van der Waals surface area contributed by atoms with Gasteiger partial charge in [-0.05, 0) is 11.6 Å². The van der Waals surface area contributed by atoms with Crippen LogP contribution in [-0.4, -0.2) is 28.2 Å². The Bertz CT molecular complexity index is 341. The van der Waals surface area contributed by atoms with E-state index in [1.807, 2.05) is 0 Å². The molecular weight excluding hydrogens is 245 g/mol. The molecule has 0 atom stereocenters. The molecule has 0 unspecified atom stereocenters. The van der Waals surface area contributed by atoms with E-state index < -0.39 is 14.1 Å². The standard InChI is InChI=1S/C9H12N.2C4H9.Al/c1-8-6-4-5-7-9(8)10(2)3;2*1-3-4-2;/h4-7H,1H2,2-3H3;2*1,3-4H2,2H3;. The van der Waals surface area contributed by atoms with Crippen LogP contribution in [0.1, 0.15) is 45.1 Å². The summed E-state index contributed by atoms with van der Waals surface area (Å²) in [6.45, 7) is 4.64. The Morgan fingerprint density at radius 1 is 0.947 bits per heavy atom. The zero-order chi connectivity index (χ0) is 14.1. The minimum atomic E-state index is -0.592. The lowest BCUT2D eigenvalue weighted by Crippen LogP contribution is -2.19. The number of hydrogen-bond acceptors (Lipinski definition) is 1. The summed E-state index contributed by atoms with van der Waals surface area (Å²) in [6, 6.07) is 8.97. The molecule has 0 radical (unpaired) electrons. The van der Waals surface area contributed by atoms with E-state index >= 15 is 0 Å². The Hall–Kier alpha value is -0.448. The van der Waals surface area contributed by atoms with Gasteiger partial charge in [-0.25, -0.2) is 0 Å². The molecule has 0 heterocycles. The zero-order valence-corrected chi connectivity index (χ0v) is 14.4. The largest absolute Gasteiger partial charge is 0.377 e. The van der Waals surface area contributed by atoms with Crippen LogP contribution < -0.4 is 4.90 Å². The van der Waals surface area contributed by atoms with Gasteiger partial charge in [0.25, 0.3) is 14.1 Å². The highest BCUT2D eigenvalue weighted by atomic mass is 27.2. The van der Waals surface area contributed by atoms with E-state index in [-0.39, 0.29) is 0 Å². The third-order valence-corrected chi connectivity index (χ3v) is 7.38. The third kappa shape index (κ3) is 6.02. The lowest BCUT2D eigenvalue weighted by molar-refractivity contribution is 0.836. The maximum absolute atomic E-state index is 2.34. The Balaban J connectivity index is 2.71. The number of para-hydroxylation sites is 1. The van der Waals surface area contributed by atoms with Crippen LogP contribution in [0.5, 0.6) is 0 Å². The molecule has 1 aromatic rings. The van der Waals surface area contributed by atoms with Gasteiger partial charge < -0.3 is 4.90 Å². The predicted molar refractivity (Wildman–Crippen MR) is 89.7 cm³/mol. The second-order valence-electron chi connectivity index (χ2n) is 5.88.